The van der Waals surface area contributed by atoms with Gasteiger partial charge >= 0.3 is 0 Å². The Kier molecular flexibility index (Phi) is 4.29. The van der Waals surface area contributed by atoms with E-state index in [-0.39, 0.29) is 5.54 Å². The van der Waals surface area contributed by atoms with Crippen LogP contribution in [0.3, 0.4) is 0 Å². The van der Waals surface area contributed by atoms with E-state index in [2.05, 4.69) is 37.9 Å². The van der Waals surface area contributed by atoms with Crippen molar-refractivity contribution in [2.45, 2.75) is 58.2 Å². The molecule has 1 N–H and O–H groups in total. The molecule has 0 aromatic heterocycles. The van der Waals surface area contributed by atoms with Gasteiger partial charge < -0.3 is 5.32 Å². The van der Waals surface area contributed by atoms with E-state index in [9.17, 15) is 8.42 Å². The minimum absolute atomic E-state index is 0.163. The van der Waals surface area contributed by atoms with E-state index in [1.54, 1.807) is 0 Å². The zero-order chi connectivity index (χ0) is 14.3. The second kappa shape index (κ2) is 5.34. The van der Waals surface area contributed by atoms with Crippen LogP contribution in [-0.2, 0) is 9.84 Å². The molecule has 5 heteroatoms. The van der Waals surface area contributed by atoms with Crippen molar-refractivity contribution in [2.75, 3.05) is 24.6 Å². The molecular weight excluding hydrogens is 260 g/mol. The summed E-state index contributed by atoms with van der Waals surface area (Å²) in [4.78, 5) is 2.49. The summed E-state index contributed by atoms with van der Waals surface area (Å²) >= 11 is 0. The second-order valence-electron chi connectivity index (χ2n) is 6.82. The fourth-order valence-electron chi connectivity index (χ4n) is 3.54. The maximum absolute atomic E-state index is 11.9. The predicted molar refractivity (Wildman–Crippen MR) is 79.1 cm³/mol. The van der Waals surface area contributed by atoms with Crippen LogP contribution in [0.1, 0.15) is 40.5 Å². The number of piperazine rings is 1. The molecule has 0 aromatic carbocycles. The molecule has 19 heavy (non-hydrogen) atoms. The average molecular weight is 288 g/mol. The summed E-state index contributed by atoms with van der Waals surface area (Å²) in [7, 11) is -2.84. The first kappa shape index (κ1) is 15.3. The van der Waals surface area contributed by atoms with Gasteiger partial charge in [0.05, 0.1) is 11.5 Å². The van der Waals surface area contributed by atoms with Crippen LogP contribution in [0.25, 0.3) is 0 Å². The molecule has 3 unspecified atom stereocenters. The van der Waals surface area contributed by atoms with Gasteiger partial charge in [-0.2, -0.15) is 0 Å². The quantitative estimate of drug-likeness (QED) is 0.850. The molecule has 0 bridgehead atoms. The molecular formula is C14H28N2O2S. The Balaban J connectivity index is 2.22. The standard InChI is InChI=1S/C14H28N2O2S/c1-5-12-9-16(13(8-15-12)11(2)3)14(4)6-7-19(17,18)10-14/h11-13,15H,5-10H2,1-4H3. The van der Waals surface area contributed by atoms with Crippen molar-refractivity contribution in [3.8, 4) is 0 Å². The summed E-state index contributed by atoms with van der Waals surface area (Å²) < 4.78 is 23.7. The fourth-order valence-corrected chi connectivity index (χ4v) is 5.70. The molecule has 0 aromatic rings. The third-order valence-corrected chi connectivity index (χ3v) is 6.76. The van der Waals surface area contributed by atoms with Crippen LogP contribution in [-0.4, -0.2) is 55.5 Å². The van der Waals surface area contributed by atoms with Gasteiger partial charge in [0.1, 0.15) is 0 Å². The van der Waals surface area contributed by atoms with Gasteiger partial charge in [-0.05, 0) is 25.7 Å². The smallest absolute Gasteiger partial charge is 0.152 e. The Morgan fingerprint density at radius 3 is 2.58 bits per heavy atom. The third-order valence-electron chi connectivity index (χ3n) is 4.87. The normalized spacial score (nSPS) is 39.8. The van der Waals surface area contributed by atoms with Crippen molar-refractivity contribution in [3.05, 3.63) is 0 Å². The highest BCUT2D eigenvalue weighted by Gasteiger charge is 2.47. The van der Waals surface area contributed by atoms with Gasteiger partial charge in [-0.15, -0.1) is 0 Å². The zero-order valence-corrected chi connectivity index (χ0v) is 13.5. The van der Waals surface area contributed by atoms with Crippen molar-refractivity contribution < 1.29 is 8.42 Å². The topological polar surface area (TPSA) is 49.4 Å². The Bertz CT molecular complexity index is 421. The van der Waals surface area contributed by atoms with Gasteiger partial charge in [-0.1, -0.05) is 20.8 Å². The molecule has 0 saturated carbocycles. The van der Waals surface area contributed by atoms with Crippen LogP contribution in [0.15, 0.2) is 0 Å². The molecule has 2 heterocycles. The molecule has 0 aliphatic carbocycles. The first-order valence-electron chi connectivity index (χ1n) is 7.48. The Morgan fingerprint density at radius 2 is 2.11 bits per heavy atom. The van der Waals surface area contributed by atoms with Gasteiger partial charge in [-0.25, -0.2) is 8.42 Å². The van der Waals surface area contributed by atoms with Crippen molar-refractivity contribution in [1.82, 2.24) is 10.2 Å². The zero-order valence-electron chi connectivity index (χ0n) is 12.6. The highest BCUT2D eigenvalue weighted by molar-refractivity contribution is 7.91. The summed E-state index contributed by atoms with van der Waals surface area (Å²) in [6, 6.07) is 0.941. The van der Waals surface area contributed by atoms with Crippen LogP contribution in [0, 0.1) is 5.92 Å². The minimum Gasteiger partial charge on any atom is -0.311 e. The van der Waals surface area contributed by atoms with Crippen molar-refractivity contribution >= 4 is 9.84 Å². The fraction of sp³-hybridized carbons (Fsp3) is 1.00. The lowest BCUT2D eigenvalue weighted by Crippen LogP contribution is -2.65. The first-order chi connectivity index (χ1) is 8.77. The van der Waals surface area contributed by atoms with Gasteiger partial charge in [0.2, 0.25) is 0 Å². The molecule has 0 spiro atoms. The number of hydrogen-bond acceptors (Lipinski definition) is 4. The lowest BCUT2D eigenvalue weighted by molar-refractivity contribution is 0.0132. The summed E-state index contributed by atoms with van der Waals surface area (Å²) in [6.45, 7) is 10.8. The van der Waals surface area contributed by atoms with Crippen LogP contribution >= 0.6 is 0 Å². The molecule has 2 rings (SSSR count). The number of hydrogen-bond donors (Lipinski definition) is 1. The molecule has 112 valence electrons. The van der Waals surface area contributed by atoms with Crippen molar-refractivity contribution in [3.63, 3.8) is 0 Å². The van der Waals surface area contributed by atoms with E-state index in [0.29, 0.717) is 29.5 Å². The highest BCUT2D eigenvalue weighted by atomic mass is 32.2. The van der Waals surface area contributed by atoms with E-state index in [0.717, 1.165) is 25.9 Å². The van der Waals surface area contributed by atoms with Gasteiger partial charge in [0.15, 0.2) is 9.84 Å². The molecule has 0 amide bonds. The van der Waals surface area contributed by atoms with Crippen LogP contribution in [0.4, 0.5) is 0 Å². The molecule has 2 fully saturated rings. The maximum Gasteiger partial charge on any atom is 0.152 e. The molecule has 2 aliphatic heterocycles. The average Bonchev–Trinajstić information content (AvgIpc) is 2.64. The number of nitrogens with one attached hydrogen (secondary N) is 1. The third kappa shape index (κ3) is 3.14. The molecule has 0 radical (unpaired) electrons. The van der Waals surface area contributed by atoms with Gasteiger partial charge in [-0.3, -0.25) is 4.90 Å². The van der Waals surface area contributed by atoms with E-state index >= 15 is 0 Å². The lowest BCUT2D eigenvalue weighted by Gasteiger charge is -2.50. The highest BCUT2D eigenvalue weighted by Crippen LogP contribution is 2.34. The van der Waals surface area contributed by atoms with Gasteiger partial charge in [0, 0.05) is 30.7 Å². The number of sulfone groups is 1. The number of rotatable bonds is 3. The maximum atomic E-state index is 11.9. The van der Waals surface area contributed by atoms with Crippen molar-refractivity contribution in [1.29, 1.82) is 0 Å². The van der Waals surface area contributed by atoms with Crippen LogP contribution in [0.2, 0.25) is 0 Å². The first-order valence-corrected chi connectivity index (χ1v) is 9.30. The summed E-state index contributed by atoms with van der Waals surface area (Å²) in [5.41, 5.74) is -0.163. The molecule has 3 atom stereocenters. The Hall–Kier alpha value is -0.130. The van der Waals surface area contributed by atoms with Gasteiger partial charge in [0.25, 0.3) is 0 Å². The van der Waals surface area contributed by atoms with Crippen molar-refractivity contribution in [2.24, 2.45) is 5.92 Å². The van der Waals surface area contributed by atoms with Crippen LogP contribution < -0.4 is 5.32 Å². The monoisotopic (exact) mass is 288 g/mol. The van der Waals surface area contributed by atoms with E-state index < -0.39 is 9.84 Å². The lowest BCUT2D eigenvalue weighted by atomic mass is 9.89. The van der Waals surface area contributed by atoms with E-state index in [4.69, 9.17) is 0 Å². The SMILES string of the molecule is CCC1CN(C2(C)CCS(=O)(=O)C2)C(C(C)C)CN1. The van der Waals surface area contributed by atoms with E-state index in [1.807, 2.05) is 0 Å². The summed E-state index contributed by atoms with van der Waals surface area (Å²) in [5.74, 6) is 1.24. The molecule has 2 saturated heterocycles. The molecule has 2 aliphatic rings. The predicted octanol–water partition coefficient (Wildman–Crippen LogP) is 1.27. The minimum atomic E-state index is -2.84. The Labute approximate surface area is 117 Å². The van der Waals surface area contributed by atoms with E-state index in [1.165, 1.54) is 0 Å². The summed E-state index contributed by atoms with van der Waals surface area (Å²) in [6.07, 6.45) is 1.89. The number of nitrogens with zero attached hydrogens (tertiary/aromatic N) is 1. The largest absolute Gasteiger partial charge is 0.311 e. The second-order valence-corrected chi connectivity index (χ2v) is 9.00. The Morgan fingerprint density at radius 1 is 1.42 bits per heavy atom. The summed E-state index contributed by atoms with van der Waals surface area (Å²) in [5, 5.41) is 3.60. The molecule has 4 nitrogen and oxygen atoms in total. The van der Waals surface area contributed by atoms with Crippen LogP contribution in [0.5, 0.6) is 0 Å².